The predicted octanol–water partition coefficient (Wildman–Crippen LogP) is 4.71. The van der Waals surface area contributed by atoms with Gasteiger partial charge < -0.3 is 14.8 Å². The first-order valence-corrected chi connectivity index (χ1v) is 7.78. The molecule has 0 aliphatic carbocycles. The normalized spacial score (nSPS) is 20.7. The van der Waals surface area contributed by atoms with Crippen molar-refractivity contribution in [3.63, 3.8) is 0 Å². The molecule has 5 heteroatoms. The first-order valence-electron chi connectivity index (χ1n) is 7.02. The molecule has 2 aromatic carbocycles. The fraction of sp³-hybridized carbons (Fsp3) is 0.176. The molecule has 112 valence electrons. The molecule has 1 aliphatic heterocycles. The Morgan fingerprint density at radius 2 is 1.86 bits per heavy atom. The van der Waals surface area contributed by atoms with Gasteiger partial charge in [0.15, 0.2) is 6.29 Å². The monoisotopic (exact) mass is 333 g/mol. The third-order valence-electron chi connectivity index (χ3n) is 4.07. The second kappa shape index (κ2) is 5.20. The summed E-state index contributed by atoms with van der Waals surface area (Å²) in [5, 5.41) is 12.3. The van der Waals surface area contributed by atoms with Crippen LogP contribution in [0, 0.1) is 0 Å². The molecular weight excluding hydrogens is 321 g/mol. The van der Waals surface area contributed by atoms with E-state index in [2.05, 4.69) is 4.98 Å². The Morgan fingerprint density at radius 3 is 2.64 bits per heavy atom. The Labute approximate surface area is 137 Å². The number of hydrogen-bond donors (Lipinski definition) is 2. The van der Waals surface area contributed by atoms with Gasteiger partial charge in [0.05, 0.1) is 0 Å². The zero-order chi connectivity index (χ0) is 15.3. The van der Waals surface area contributed by atoms with Crippen LogP contribution in [0.1, 0.15) is 23.5 Å². The molecular formula is C17H13Cl2NO2. The topological polar surface area (TPSA) is 45.2 Å². The van der Waals surface area contributed by atoms with Crippen LogP contribution in [-0.2, 0) is 0 Å². The lowest BCUT2D eigenvalue weighted by molar-refractivity contribution is -0.0346. The number of H-pyrrole nitrogens is 1. The number of benzene rings is 2. The highest BCUT2D eigenvalue weighted by Crippen LogP contribution is 2.44. The largest absolute Gasteiger partial charge is 0.464 e. The first-order chi connectivity index (χ1) is 10.6. The highest BCUT2D eigenvalue weighted by molar-refractivity contribution is 6.34. The molecule has 1 aromatic heterocycles. The molecule has 0 spiro atoms. The van der Waals surface area contributed by atoms with Gasteiger partial charge in [-0.15, -0.1) is 0 Å². The Hall–Kier alpha value is -1.68. The lowest BCUT2D eigenvalue weighted by Gasteiger charge is -2.30. The Kier molecular flexibility index (Phi) is 3.30. The second-order valence-electron chi connectivity index (χ2n) is 5.49. The van der Waals surface area contributed by atoms with Crippen LogP contribution in [0.5, 0.6) is 5.75 Å². The van der Waals surface area contributed by atoms with Gasteiger partial charge in [0, 0.05) is 45.0 Å². The van der Waals surface area contributed by atoms with Crippen LogP contribution in [0.3, 0.4) is 0 Å². The van der Waals surface area contributed by atoms with E-state index in [1.807, 2.05) is 36.5 Å². The number of aliphatic hydroxyl groups is 1. The molecule has 0 radical (unpaired) electrons. The third kappa shape index (κ3) is 2.26. The number of hydrogen-bond acceptors (Lipinski definition) is 2. The molecule has 0 unspecified atom stereocenters. The van der Waals surface area contributed by atoms with Crippen molar-refractivity contribution in [2.24, 2.45) is 0 Å². The smallest absolute Gasteiger partial charge is 0.198 e. The van der Waals surface area contributed by atoms with Gasteiger partial charge in [-0.1, -0.05) is 29.3 Å². The maximum atomic E-state index is 10.1. The van der Waals surface area contributed by atoms with Gasteiger partial charge in [0.1, 0.15) is 5.75 Å². The van der Waals surface area contributed by atoms with Gasteiger partial charge in [-0.2, -0.15) is 0 Å². The van der Waals surface area contributed by atoms with Crippen molar-refractivity contribution in [3.8, 4) is 5.75 Å². The number of aliphatic hydroxyl groups excluding tert-OH is 1. The van der Waals surface area contributed by atoms with Crippen LogP contribution in [0.25, 0.3) is 10.9 Å². The maximum absolute atomic E-state index is 10.1. The SMILES string of the molecule is O[C@H]1C[C@@H](c2cc(Cl)cc(Cl)c2)c2ccc3[nH]ccc3c2O1. The van der Waals surface area contributed by atoms with Crippen molar-refractivity contribution in [1.29, 1.82) is 0 Å². The minimum atomic E-state index is -0.851. The quantitative estimate of drug-likeness (QED) is 0.677. The summed E-state index contributed by atoms with van der Waals surface area (Å²) >= 11 is 12.3. The first kappa shape index (κ1) is 13.9. The molecule has 2 atom stereocenters. The van der Waals surface area contributed by atoms with Crippen molar-refractivity contribution in [1.82, 2.24) is 4.98 Å². The second-order valence-corrected chi connectivity index (χ2v) is 6.36. The van der Waals surface area contributed by atoms with Crippen LogP contribution in [0.2, 0.25) is 10.0 Å². The molecule has 2 heterocycles. The summed E-state index contributed by atoms with van der Waals surface area (Å²) in [6, 6.07) is 11.5. The number of nitrogens with one attached hydrogen (secondary N) is 1. The van der Waals surface area contributed by atoms with Crippen molar-refractivity contribution >= 4 is 34.1 Å². The van der Waals surface area contributed by atoms with Gasteiger partial charge in [-0.05, 0) is 35.9 Å². The maximum Gasteiger partial charge on any atom is 0.198 e. The van der Waals surface area contributed by atoms with Gasteiger partial charge in [0.2, 0.25) is 0 Å². The molecule has 3 aromatic rings. The van der Waals surface area contributed by atoms with E-state index in [9.17, 15) is 5.11 Å². The molecule has 0 bridgehead atoms. The minimum absolute atomic E-state index is 0.00532. The van der Waals surface area contributed by atoms with Crippen molar-refractivity contribution in [2.45, 2.75) is 18.6 Å². The summed E-state index contributed by atoms with van der Waals surface area (Å²) in [5.74, 6) is 0.716. The van der Waals surface area contributed by atoms with Crippen molar-refractivity contribution < 1.29 is 9.84 Å². The average Bonchev–Trinajstić information content (AvgIpc) is 2.94. The molecule has 2 N–H and O–H groups in total. The number of rotatable bonds is 1. The number of aromatic nitrogens is 1. The third-order valence-corrected chi connectivity index (χ3v) is 4.51. The summed E-state index contributed by atoms with van der Waals surface area (Å²) in [5.41, 5.74) is 3.00. The number of fused-ring (bicyclic) bond motifs is 3. The van der Waals surface area contributed by atoms with Gasteiger partial charge in [-0.25, -0.2) is 0 Å². The number of aromatic amines is 1. The van der Waals surface area contributed by atoms with E-state index in [-0.39, 0.29) is 5.92 Å². The molecule has 1 aliphatic rings. The van der Waals surface area contributed by atoms with Crippen LogP contribution in [0.4, 0.5) is 0 Å². The fourth-order valence-electron chi connectivity index (χ4n) is 3.13. The average molecular weight is 334 g/mol. The lowest BCUT2D eigenvalue weighted by atomic mass is 9.85. The van der Waals surface area contributed by atoms with E-state index in [1.165, 1.54) is 0 Å². The van der Waals surface area contributed by atoms with Gasteiger partial charge in [0.25, 0.3) is 0 Å². The minimum Gasteiger partial charge on any atom is -0.464 e. The predicted molar refractivity (Wildman–Crippen MR) is 87.9 cm³/mol. The Morgan fingerprint density at radius 1 is 1.09 bits per heavy atom. The molecule has 22 heavy (non-hydrogen) atoms. The molecule has 0 saturated carbocycles. The van der Waals surface area contributed by atoms with Gasteiger partial charge >= 0.3 is 0 Å². The van der Waals surface area contributed by atoms with E-state index in [1.54, 1.807) is 6.07 Å². The fourth-order valence-corrected chi connectivity index (χ4v) is 3.68. The summed E-state index contributed by atoms with van der Waals surface area (Å²) in [6.45, 7) is 0. The Bertz CT molecular complexity index is 839. The zero-order valence-electron chi connectivity index (χ0n) is 11.5. The van der Waals surface area contributed by atoms with E-state index < -0.39 is 6.29 Å². The standard InChI is InChI=1S/C17H13Cl2NO2/c18-10-5-9(6-11(19)7-10)14-8-16(21)22-17-12(14)1-2-15-13(17)3-4-20-15/h1-7,14,16,20-21H,8H2/t14-,16+/m0/s1. The number of ether oxygens (including phenoxy) is 1. The van der Waals surface area contributed by atoms with Crippen LogP contribution in [-0.4, -0.2) is 16.4 Å². The summed E-state index contributed by atoms with van der Waals surface area (Å²) in [4.78, 5) is 3.15. The van der Waals surface area contributed by atoms with E-state index >= 15 is 0 Å². The summed E-state index contributed by atoms with van der Waals surface area (Å²) in [6.07, 6.45) is 1.48. The van der Waals surface area contributed by atoms with E-state index in [0.717, 1.165) is 27.8 Å². The molecule has 0 amide bonds. The van der Waals surface area contributed by atoms with E-state index in [4.69, 9.17) is 27.9 Å². The van der Waals surface area contributed by atoms with Crippen molar-refractivity contribution in [2.75, 3.05) is 0 Å². The van der Waals surface area contributed by atoms with Crippen molar-refractivity contribution in [3.05, 3.63) is 63.8 Å². The summed E-state index contributed by atoms with van der Waals surface area (Å²) in [7, 11) is 0. The van der Waals surface area contributed by atoms with E-state index in [0.29, 0.717) is 16.5 Å². The molecule has 0 saturated heterocycles. The van der Waals surface area contributed by atoms with Crippen LogP contribution in [0.15, 0.2) is 42.6 Å². The van der Waals surface area contributed by atoms with Crippen LogP contribution < -0.4 is 4.74 Å². The highest BCUT2D eigenvalue weighted by atomic mass is 35.5. The Balaban J connectivity index is 1.91. The molecule has 4 rings (SSSR count). The van der Waals surface area contributed by atoms with Gasteiger partial charge in [-0.3, -0.25) is 0 Å². The zero-order valence-corrected chi connectivity index (χ0v) is 13.0. The van der Waals surface area contributed by atoms with Crippen LogP contribution >= 0.6 is 23.2 Å². The summed E-state index contributed by atoms with van der Waals surface area (Å²) < 4.78 is 5.69. The number of halogens is 2. The highest BCUT2D eigenvalue weighted by Gasteiger charge is 2.30. The lowest BCUT2D eigenvalue weighted by Crippen LogP contribution is -2.25. The molecule has 0 fully saturated rings. The molecule has 3 nitrogen and oxygen atoms in total.